The number of amides is 1. The van der Waals surface area contributed by atoms with Gasteiger partial charge in [-0.05, 0) is 80.4 Å². The van der Waals surface area contributed by atoms with Crippen LogP contribution in [-0.2, 0) is 14.3 Å². The number of carbonyl (C=O) groups is 2. The van der Waals surface area contributed by atoms with Crippen LogP contribution in [0.3, 0.4) is 0 Å². The van der Waals surface area contributed by atoms with Gasteiger partial charge in [-0.2, -0.15) is 0 Å². The number of carbonyl (C=O) groups excluding carboxylic acids is 2. The maximum absolute atomic E-state index is 12.5. The Hall–Kier alpha value is -1.07. The van der Waals surface area contributed by atoms with Crippen molar-refractivity contribution in [3.05, 3.63) is 28.8 Å². The Labute approximate surface area is 173 Å². The molecular formula is C21H25BrClNO3. The monoisotopic (exact) mass is 453 g/mol. The Kier molecular flexibility index (Phi) is 5.04. The van der Waals surface area contributed by atoms with Crippen LogP contribution in [0.1, 0.15) is 50.5 Å². The molecule has 0 heterocycles. The first kappa shape index (κ1) is 19.3. The van der Waals surface area contributed by atoms with E-state index in [-0.39, 0.29) is 28.2 Å². The third-order valence-electron chi connectivity index (χ3n) is 6.54. The Bertz CT molecular complexity index is 767. The van der Waals surface area contributed by atoms with Crippen molar-refractivity contribution in [1.29, 1.82) is 0 Å². The van der Waals surface area contributed by atoms with Crippen LogP contribution in [0.5, 0.6) is 0 Å². The number of alkyl halides is 1. The number of halogens is 2. The average molecular weight is 455 g/mol. The van der Waals surface area contributed by atoms with Gasteiger partial charge in [-0.3, -0.25) is 9.59 Å². The number of rotatable bonds is 5. The number of nitrogens with one attached hydrogen (secondary N) is 1. The van der Waals surface area contributed by atoms with Gasteiger partial charge in [0.2, 0.25) is 0 Å². The lowest BCUT2D eigenvalue weighted by molar-refractivity contribution is -0.153. The molecule has 0 aromatic heterocycles. The van der Waals surface area contributed by atoms with Gasteiger partial charge >= 0.3 is 5.97 Å². The van der Waals surface area contributed by atoms with Crippen LogP contribution in [0.25, 0.3) is 0 Å². The quantitative estimate of drug-likeness (QED) is 0.488. The van der Waals surface area contributed by atoms with Crippen LogP contribution in [0.15, 0.2) is 18.2 Å². The van der Waals surface area contributed by atoms with Crippen molar-refractivity contribution < 1.29 is 14.3 Å². The highest BCUT2D eigenvalue weighted by Crippen LogP contribution is 2.65. The fourth-order valence-corrected chi connectivity index (χ4v) is 7.66. The molecule has 1 amide bonds. The molecule has 146 valence electrons. The van der Waals surface area contributed by atoms with E-state index in [0.717, 1.165) is 36.7 Å². The topological polar surface area (TPSA) is 55.4 Å². The van der Waals surface area contributed by atoms with E-state index in [1.807, 2.05) is 6.92 Å². The van der Waals surface area contributed by atoms with Crippen molar-refractivity contribution in [2.45, 2.75) is 56.2 Å². The van der Waals surface area contributed by atoms with Gasteiger partial charge in [0, 0.05) is 15.0 Å². The van der Waals surface area contributed by atoms with Gasteiger partial charge in [0.15, 0.2) is 6.61 Å². The third kappa shape index (κ3) is 4.04. The highest BCUT2D eigenvalue weighted by Gasteiger charge is 2.57. The van der Waals surface area contributed by atoms with Crippen molar-refractivity contribution in [3.8, 4) is 0 Å². The zero-order valence-corrected chi connectivity index (χ0v) is 17.9. The molecule has 4 aliphatic rings. The minimum atomic E-state index is -0.337. The van der Waals surface area contributed by atoms with E-state index in [4.69, 9.17) is 16.3 Å². The van der Waals surface area contributed by atoms with Crippen molar-refractivity contribution in [2.24, 2.45) is 17.3 Å². The normalized spacial score (nSPS) is 33.7. The smallest absolute Gasteiger partial charge is 0.306 e. The van der Waals surface area contributed by atoms with Crippen LogP contribution in [0.2, 0.25) is 5.02 Å². The molecule has 1 aromatic rings. The molecule has 1 N–H and O–H groups in total. The van der Waals surface area contributed by atoms with Gasteiger partial charge in [0.05, 0.1) is 6.42 Å². The van der Waals surface area contributed by atoms with E-state index in [9.17, 15) is 9.59 Å². The summed E-state index contributed by atoms with van der Waals surface area (Å²) in [5, 5.41) is 3.36. The molecule has 4 bridgehead atoms. The van der Waals surface area contributed by atoms with E-state index in [2.05, 4.69) is 21.2 Å². The molecule has 27 heavy (non-hydrogen) atoms. The minimum absolute atomic E-state index is 0.0602. The molecule has 2 atom stereocenters. The van der Waals surface area contributed by atoms with E-state index in [0.29, 0.717) is 17.1 Å². The molecule has 5 rings (SSSR count). The maximum atomic E-state index is 12.5. The average Bonchev–Trinajstić information content (AvgIpc) is 2.54. The first-order valence-corrected chi connectivity index (χ1v) is 10.8. The zero-order valence-electron chi connectivity index (χ0n) is 15.5. The summed E-state index contributed by atoms with van der Waals surface area (Å²) in [6.07, 6.45) is 7.52. The zero-order chi connectivity index (χ0) is 19.2. The fraction of sp³-hybridized carbons (Fsp3) is 0.619. The molecule has 0 radical (unpaired) electrons. The van der Waals surface area contributed by atoms with Crippen LogP contribution in [-0.4, -0.2) is 22.8 Å². The molecule has 2 unspecified atom stereocenters. The Morgan fingerprint density at radius 3 is 2.63 bits per heavy atom. The summed E-state index contributed by atoms with van der Waals surface area (Å²) in [6, 6.07) is 5.33. The van der Waals surface area contributed by atoms with Gasteiger partial charge in [-0.1, -0.05) is 33.6 Å². The largest absolute Gasteiger partial charge is 0.456 e. The van der Waals surface area contributed by atoms with Gasteiger partial charge in [0.1, 0.15) is 0 Å². The second-order valence-electron chi connectivity index (χ2n) is 8.91. The van der Waals surface area contributed by atoms with E-state index in [1.165, 1.54) is 19.3 Å². The summed E-state index contributed by atoms with van der Waals surface area (Å²) >= 11 is 10.0. The number of anilines is 1. The Balaban J connectivity index is 1.31. The summed E-state index contributed by atoms with van der Waals surface area (Å²) in [4.78, 5) is 24.6. The lowest BCUT2D eigenvalue weighted by atomic mass is 9.49. The van der Waals surface area contributed by atoms with Crippen LogP contribution < -0.4 is 5.32 Å². The molecule has 4 fully saturated rings. The van der Waals surface area contributed by atoms with Crippen molar-refractivity contribution >= 4 is 45.1 Å². The highest BCUT2D eigenvalue weighted by molar-refractivity contribution is 9.10. The summed E-state index contributed by atoms with van der Waals surface area (Å²) in [6.45, 7) is 1.58. The predicted octanol–water partition coefficient (Wildman–Crippen LogP) is 5.25. The fourth-order valence-electron chi connectivity index (χ4n) is 5.98. The standard InChI is InChI=1S/C21H25BrClNO3/c1-13-16(23)3-2-4-17(13)24-18(25)11-27-19(26)10-20-6-14-5-15(7-20)9-21(22,8-14)12-20/h2-4,14-15H,5-12H2,1H3,(H,24,25). The Morgan fingerprint density at radius 1 is 1.26 bits per heavy atom. The van der Waals surface area contributed by atoms with Crippen molar-refractivity contribution in [2.75, 3.05) is 11.9 Å². The lowest BCUT2D eigenvalue weighted by Crippen LogP contribution is -2.53. The third-order valence-corrected chi connectivity index (χ3v) is 7.87. The number of esters is 1. The van der Waals surface area contributed by atoms with Gasteiger partial charge in [-0.15, -0.1) is 0 Å². The van der Waals surface area contributed by atoms with E-state index in [1.54, 1.807) is 18.2 Å². The van der Waals surface area contributed by atoms with Crippen molar-refractivity contribution in [1.82, 2.24) is 0 Å². The number of benzene rings is 1. The molecule has 6 heteroatoms. The summed E-state index contributed by atoms with van der Waals surface area (Å²) in [5.74, 6) is 0.863. The van der Waals surface area contributed by atoms with Crippen molar-refractivity contribution in [3.63, 3.8) is 0 Å². The number of hydrogen-bond acceptors (Lipinski definition) is 3. The second kappa shape index (κ2) is 7.07. The molecule has 4 nitrogen and oxygen atoms in total. The molecule has 4 aliphatic carbocycles. The molecule has 0 aliphatic heterocycles. The molecule has 0 saturated heterocycles. The van der Waals surface area contributed by atoms with Gasteiger partial charge in [-0.25, -0.2) is 0 Å². The predicted molar refractivity (Wildman–Crippen MR) is 109 cm³/mol. The summed E-state index contributed by atoms with van der Waals surface area (Å²) < 4.78 is 5.54. The van der Waals surface area contributed by atoms with Crippen LogP contribution in [0.4, 0.5) is 5.69 Å². The van der Waals surface area contributed by atoms with Crippen LogP contribution in [0, 0.1) is 24.2 Å². The SMILES string of the molecule is Cc1c(Cl)cccc1NC(=O)COC(=O)CC12CC3CC(CC(Br)(C3)C1)C2. The summed E-state index contributed by atoms with van der Waals surface area (Å²) in [7, 11) is 0. The molecular weight excluding hydrogens is 430 g/mol. The van der Waals surface area contributed by atoms with Crippen LogP contribution >= 0.6 is 27.5 Å². The number of ether oxygens (including phenoxy) is 1. The van der Waals surface area contributed by atoms with Gasteiger partial charge in [0.25, 0.3) is 5.91 Å². The molecule has 4 saturated carbocycles. The van der Waals surface area contributed by atoms with Gasteiger partial charge < -0.3 is 10.1 Å². The highest BCUT2D eigenvalue weighted by atomic mass is 79.9. The van der Waals surface area contributed by atoms with E-state index < -0.39 is 0 Å². The summed E-state index contributed by atoms with van der Waals surface area (Å²) in [5.41, 5.74) is 1.51. The number of hydrogen-bond donors (Lipinski definition) is 1. The second-order valence-corrected chi connectivity index (χ2v) is 11.0. The first-order valence-electron chi connectivity index (χ1n) is 9.65. The minimum Gasteiger partial charge on any atom is -0.456 e. The van der Waals surface area contributed by atoms with E-state index >= 15 is 0 Å². The molecule has 1 aromatic carbocycles. The molecule has 0 spiro atoms. The Morgan fingerprint density at radius 2 is 1.96 bits per heavy atom. The lowest BCUT2D eigenvalue weighted by Gasteiger charge is -2.60. The maximum Gasteiger partial charge on any atom is 0.306 e. The first-order chi connectivity index (χ1) is 12.8.